The van der Waals surface area contributed by atoms with Gasteiger partial charge in [-0.1, -0.05) is 46.0 Å². The molecule has 2 nitrogen and oxygen atoms in total. The molecule has 1 fully saturated rings. The average Bonchev–Trinajstić information content (AvgIpc) is 2.85. The van der Waals surface area contributed by atoms with Gasteiger partial charge in [-0.2, -0.15) is 0 Å². The minimum atomic E-state index is 0.452. The normalized spacial score (nSPS) is 24.0. The van der Waals surface area contributed by atoms with E-state index in [9.17, 15) is 0 Å². The molecule has 2 atom stereocenters. The maximum Gasteiger partial charge on any atom is 0.0229 e. The molecule has 0 aliphatic carbocycles. The molecule has 0 N–H and O–H groups in total. The first kappa shape index (κ1) is 17.0. The van der Waals surface area contributed by atoms with Crippen molar-refractivity contribution in [2.45, 2.75) is 83.7 Å². The third-order valence-corrected chi connectivity index (χ3v) is 5.01. The van der Waals surface area contributed by atoms with Gasteiger partial charge in [-0.25, -0.2) is 0 Å². The average molecular weight is 268 g/mol. The maximum absolute atomic E-state index is 2.78. The SMILES string of the molecule is CCCCCCC(C)(CCC)N1CC[C@@H](N(C)C)C1. The Labute approximate surface area is 121 Å². The van der Waals surface area contributed by atoms with Gasteiger partial charge < -0.3 is 4.90 Å². The Morgan fingerprint density at radius 2 is 1.79 bits per heavy atom. The topological polar surface area (TPSA) is 6.48 Å². The molecule has 1 unspecified atom stereocenters. The van der Waals surface area contributed by atoms with Gasteiger partial charge in [0.05, 0.1) is 0 Å². The van der Waals surface area contributed by atoms with Crippen molar-refractivity contribution in [3.05, 3.63) is 0 Å². The van der Waals surface area contributed by atoms with Crippen LogP contribution in [0.1, 0.15) is 72.1 Å². The summed E-state index contributed by atoms with van der Waals surface area (Å²) in [4.78, 5) is 5.19. The molecule has 0 aromatic rings. The molecular formula is C17H36N2. The molecule has 0 radical (unpaired) electrons. The zero-order valence-electron chi connectivity index (χ0n) is 14.0. The van der Waals surface area contributed by atoms with Gasteiger partial charge in [0.2, 0.25) is 0 Å². The summed E-state index contributed by atoms with van der Waals surface area (Å²) < 4.78 is 0. The second-order valence-electron chi connectivity index (χ2n) is 6.91. The Kier molecular flexibility index (Phi) is 7.38. The largest absolute Gasteiger partial charge is 0.305 e. The lowest BCUT2D eigenvalue weighted by molar-refractivity contribution is 0.101. The molecule has 0 aromatic heterocycles. The molecule has 1 heterocycles. The van der Waals surface area contributed by atoms with E-state index in [1.54, 1.807) is 0 Å². The second kappa shape index (κ2) is 8.26. The molecule has 0 saturated carbocycles. The number of nitrogens with zero attached hydrogens (tertiary/aromatic N) is 2. The minimum absolute atomic E-state index is 0.452. The molecule has 1 aliphatic rings. The van der Waals surface area contributed by atoms with Crippen molar-refractivity contribution in [1.82, 2.24) is 9.80 Å². The van der Waals surface area contributed by atoms with Crippen molar-refractivity contribution in [2.24, 2.45) is 0 Å². The van der Waals surface area contributed by atoms with E-state index in [-0.39, 0.29) is 0 Å². The number of hydrogen-bond donors (Lipinski definition) is 0. The predicted molar refractivity (Wildman–Crippen MR) is 85.7 cm³/mol. The van der Waals surface area contributed by atoms with Crippen molar-refractivity contribution in [2.75, 3.05) is 27.2 Å². The number of hydrogen-bond acceptors (Lipinski definition) is 2. The summed E-state index contributed by atoms with van der Waals surface area (Å²) in [6.07, 6.45) is 11.0. The van der Waals surface area contributed by atoms with Crippen LogP contribution in [0.3, 0.4) is 0 Å². The summed E-state index contributed by atoms with van der Waals surface area (Å²) in [6, 6.07) is 0.770. The number of rotatable bonds is 9. The van der Waals surface area contributed by atoms with Crippen molar-refractivity contribution in [1.29, 1.82) is 0 Å². The van der Waals surface area contributed by atoms with Crippen LogP contribution in [0, 0.1) is 0 Å². The fourth-order valence-corrected chi connectivity index (χ4v) is 3.57. The van der Waals surface area contributed by atoms with Crippen molar-refractivity contribution in [3.8, 4) is 0 Å². The van der Waals surface area contributed by atoms with Crippen LogP contribution in [-0.2, 0) is 0 Å². The van der Waals surface area contributed by atoms with Crippen LogP contribution in [-0.4, -0.2) is 48.6 Å². The minimum Gasteiger partial charge on any atom is -0.305 e. The maximum atomic E-state index is 2.78. The first-order valence-corrected chi connectivity index (χ1v) is 8.45. The van der Waals surface area contributed by atoms with Gasteiger partial charge in [0.1, 0.15) is 0 Å². The Balaban J connectivity index is 2.50. The summed E-state index contributed by atoms with van der Waals surface area (Å²) in [6.45, 7) is 9.72. The molecule has 114 valence electrons. The van der Waals surface area contributed by atoms with Gasteiger partial charge in [-0.3, -0.25) is 4.90 Å². The summed E-state index contributed by atoms with van der Waals surface area (Å²) in [5.74, 6) is 0. The Hall–Kier alpha value is -0.0800. The van der Waals surface area contributed by atoms with Gasteiger partial charge in [0.15, 0.2) is 0 Å². The van der Waals surface area contributed by atoms with E-state index in [2.05, 4.69) is 44.7 Å². The summed E-state index contributed by atoms with van der Waals surface area (Å²) in [5.41, 5.74) is 0.452. The van der Waals surface area contributed by atoms with E-state index in [1.807, 2.05) is 0 Å². The van der Waals surface area contributed by atoms with Crippen molar-refractivity contribution >= 4 is 0 Å². The molecule has 1 aliphatic heterocycles. The molecular weight excluding hydrogens is 232 g/mol. The van der Waals surface area contributed by atoms with Gasteiger partial charge >= 0.3 is 0 Å². The lowest BCUT2D eigenvalue weighted by atomic mass is 9.88. The molecule has 2 heteroatoms. The second-order valence-corrected chi connectivity index (χ2v) is 6.91. The highest BCUT2D eigenvalue weighted by molar-refractivity contribution is 4.93. The fraction of sp³-hybridized carbons (Fsp3) is 1.00. The lowest BCUT2D eigenvalue weighted by Gasteiger charge is -2.40. The fourth-order valence-electron chi connectivity index (χ4n) is 3.57. The third-order valence-electron chi connectivity index (χ3n) is 5.01. The highest BCUT2D eigenvalue weighted by Gasteiger charge is 2.36. The summed E-state index contributed by atoms with van der Waals surface area (Å²) in [7, 11) is 4.46. The molecule has 19 heavy (non-hydrogen) atoms. The van der Waals surface area contributed by atoms with Gasteiger partial charge in [0.25, 0.3) is 0 Å². The van der Waals surface area contributed by atoms with Crippen LogP contribution >= 0.6 is 0 Å². The van der Waals surface area contributed by atoms with Gasteiger partial charge in [0, 0.05) is 24.7 Å². The van der Waals surface area contributed by atoms with E-state index in [1.165, 1.54) is 64.5 Å². The van der Waals surface area contributed by atoms with Crippen LogP contribution < -0.4 is 0 Å². The van der Waals surface area contributed by atoms with Crippen LogP contribution in [0.15, 0.2) is 0 Å². The van der Waals surface area contributed by atoms with Gasteiger partial charge in [-0.05, 0) is 40.3 Å². The molecule has 0 amide bonds. The van der Waals surface area contributed by atoms with E-state index in [4.69, 9.17) is 0 Å². The molecule has 0 bridgehead atoms. The highest BCUT2D eigenvalue weighted by atomic mass is 15.3. The first-order valence-electron chi connectivity index (χ1n) is 8.45. The highest BCUT2D eigenvalue weighted by Crippen LogP contribution is 2.32. The summed E-state index contributed by atoms with van der Waals surface area (Å²) >= 11 is 0. The zero-order valence-corrected chi connectivity index (χ0v) is 14.0. The first-order chi connectivity index (χ1) is 9.03. The van der Waals surface area contributed by atoms with E-state index in [0.29, 0.717) is 5.54 Å². The van der Waals surface area contributed by atoms with Crippen molar-refractivity contribution in [3.63, 3.8) is 0 Å². The predicted octanol–water partition coefficient (Wildman–Crippen LogP) is 4.15. The Morgan fingerprint density at radius 3 is 2.32 bits per heavy atom. The van der Waals surface area contributed by atoms with E-state index < -0.39 is 0 Å². The molecule has 1 saturated heterocycles. The summed E-state index contributed by atoms with van der Waals surface area (Å²) in [5, 5.41) is 0. The van der Waals surface area contributed by atoms with Crippen LogP contribution in [0.5, 0.6) is 0 Å². The van der Waals surface area contributed by atoms with Gasteiger partial charge in [-0.15, -0.1) is 0 Å². The third kappa shape index (κ3) is 5.07. The molecule has 0 aromatic carbocycles. The van der Waals surface area contributed by atoms with E-state index >= 15 is 0 Å². The molecule has 1 rings (SSSR count). The zero-order chi connectivity index (χ0) is 14.3. The standard InChI is InChI=1S/C17H36N2/c1-6-8-9-10-13-17(3,12-7-2)19-14-11-16(15-19)18(4)5/h16H,6-15H2,1-5H3/t16-,17?/m1/s1. The number of unbranched alkanes of at least 4 members (excludes halogenated alkanes) is 3. The van der Waals surface area contributed by atoms with Crippen LogP contribution in [0.25, 0.3) is 0 Å². The lowest BCUT2D eigenvalue weighted by Crippen LogP contribution is -2.46. The number of likely N-dealkylation sites (tertiary alicyclic amines) is 1. The van der Waals surface area contributed by atoms with Crippen LogP contribution in [0.2, 0.25) is 0 Å². The van der Waals surface area contributed by atoms with E-state index in [0.717, 1.165) is 6.04 Å². The quantitative estimate of drug-likeness (QED) is 0.580. The number of likely N-dealkylation sites (N-methyl/N-ethyl adjacent to an activating group) is 1. The molecule has 0 spiro atoms. The Morgan fingerprint density at radius 1 is 1.05 bits per heavy atom. The smallest absolute Gasteiger partial charge is 0.0229 e. The Bertz CT molecular complexity index is 239. The monoisotopic (exact) mass is 268 g/mol. The van der Waals surface area contributed by atoms with Crippen molar-refractivity contribution < 1.29 is 0 Å². The van der Waals surface area contributed by atoms with Crippen LogP contribution in [0.4, 0.5) is 0 Å².